The highest BCUT2D eigenvalue weighted by atomic mass is 35.5. The number of carbonyl (C=O) groups excluding carboxylic acids is 1. The molecule has 2 rings (SSSR count). The van der Waals surface area contributed by atoms with E-state index in [1.54, 1.807) is 12.1 Å². The Bertz CT molecular complexity index is 422. The van der Waals surface area contributed by atoms with Crippen molar-refractivity contribution < 1.29 is 9.18 Å². The summed E-state index contributed by atoms with van der Waals surface area (Å²) in [4.78, 5) is 11.9. The molecule has 0 bridgehead atoms. The summed E-state index contributed by atoms with van der Waals surface area (Å²) in [5, 5.41) is 6.12. The van der Waals surface area contributed by atoms with Crippen LogP contribution in [0, 0.1) is 11.7 Å². The van der Waals surface area contributed by atoms with Crippen LogP contribution in [0.5, 0.6) is 0 Å². The molecule has 19 heavy (non-hydrogen) atoms. The van der Waals surface area contributed by atoms with Crippen LogP contribution in [0.1, 0.15) is 18.9 Å². The number of halogens is 2. The van der Waals surface area contributed by atoms with Gasteiger partial charge in [0.15, 0.2) is 0 Å². The van der Waals surface area contributed by atoms with E-state index >= 15 is 0 Å². The number of amides is 1. The van der Waals surface area contributed by atoms with Crippen molar-refractivity contribution in [1.29, 1.82) is 0 Å². The molecule has 1 aliphatic heterocycles. The minimum Gasteiger partial charge on any atom is -0.353 e. The van der Waals surface area contributed by atoms with Gasteiger partial charge in [0.25, 0.3) is 0 Å². The van der Waals surface area contributed by atoms with Crippen molar-refractivity contribution in [1.82, 2.24) is 10.6 Å². The molecule has 1 aliphatic rings. The maximum absolute atomic E-state index is 13.5. The summed E-state index contributed by atoms with van der Waals surface area (Å²) < 4.78 is 13.5. The first-order chi connectivity index (χ1) is 8.66. The first kappa shape index (κ1) is 15.9. The van der Waals surface area contributed by atoms with Crippen molar-refractivity contribution in [2.24, 2.45) is 5.92 Å². The smallest absolute Gasteiger partial charge is 0.224 e. The van der Waals surface area contributed by atoms with Gasteiger partial charge in [-0.2, -0.15) is 0 Å². The quantitative estimate of drug-likeness (QED) is 0.888. The zero-order valence-corrected chi connectivity index (χ0v) is 11.8. The maximum atomic E-state index is 13.5. The summed E-state index contributed by atoms with van der Waals surface area (Å²) in [7, 11) is 0. The van der Waals surface area contributed by atoms with Gasteiger partial charge in [0.2, 0.25) is 5.91 Å². The summed E-state index contributed by atoms with van der Waals surface area (Å²) >= 11 is 0. The summed E-state index contributed by atoms with van der Waals surface area (Å²) in [5.74, 6) is -0.0713. The minimum atomic E-state index is -0.207. The van der Waals surface area contributed by atoms with Gasteiger partial charge < -0.3 is 10.6 Å². The van der Waals surface area contributed by atoms with E-state index in [4.69, 9.17) is 0 Å². The average molecular weight is 287 g/mol. The highest BCUT2D eigenvalue weighted by Crippen LogP contribution is 2.11. The number of carbonyl (C=O) groups is 1. The predicted octanol–water partition coefficient (Wildman–Crippen LogP) is 1.90. The molecule has 0 spiro atoms. The molecule has 0 radical (unpaired) electrons. The second-order valence-electron chi connectivity index (χ2n) is 4.89. The SMILES string of the molecule is CC(Cc1ccccc1F)NC(=O)C1CCNC1.Cl. The molecule has 1 saturated heterocycles. The molecular formula is C14H20ClFN2O. The van der Waals surface area contributed by atoms with Crippen LogP contribution in [-0.4, -0.2) is 25.0 Å². The van der Waals surface area contributed by atoms with Crippen LogP contribution in [0.4, 0.5) is 4.39 Å². The third-order valence-electron chi connectivity index (χ3n) is 3.30. The first-order valence-corrected chi connectivity index (χ1v) is 6.41. The van der Waals surface area contributed by atoms with E-state index in [0.717, 1.165) is 19.5 Å². The Morgan fingerprint density at radius 1 is 1.53 bits per heavy atom. The zero-order valence-electron chi connectivity index (χ0n) is 11.0. The monoisotopic (exact) mass is 286 g/mol. The van der Waals surface area contributed by atoms with Gasteiger partial charge in [-0.05, 0) is 37.9 Å². The Hall–Kier alpha value is -1.13. The van der Waals surface area contributed by atoms with Gasteiger partial charge >= 0.3 is 0 Å². The van der Waals surface area contributed by atoms with E-state index in [0.29, 0.717) is 12.0 Å². The zero-order chi connectivity index (χ0) is 13.0. The molecule has 1 aromatic carbocycles. The van der Waals surface area contributed by atoms with Crippen LogP contribution < -0.4 is 10.6 Å². The van der Waals surface area contributed by atoms with E-state index in [9.17, 15) is 9.18 Å². The molecule has 0 aromatic heterocycles. The van der Waals surface area contributed by atoms with E-state index in [1.165, 1.54) is 6.07 Å². The molecule has 1 aromatic rings. The van der Waals surface area contributed by atoms with Crippen LogP contribution in [0.25, 0.3) is 0 Å². The molecular weight excluding hydrogens is 267 g/mol. The largest absolute Gasteiger partial charge is 0.353 e. The highest BCUT2D eigenvalue weighted by Gasteiger charge is 2.23. The molecule has 5 heteroatoms. The van der Waals surface area contributed by atoms with E-state index < -0.39 is 0 Å². The second-order valence-corrected chi connectivity index (χ2v) is 4.89. The van der Waals surface area contributed by atoms with Crippen molar-refractivity contribution in [2.75, 3.05) is 13.1 Å². The van der Waals surface area contributed by atoms with Crippen molar-refractivity contribution in [2.45, 2.75) is 25.8 Å². The molecule has 106 valence electrons. The third-order valence-corrected chi connectivity index (χ3v) is 3.30. The van der Waals surface area contributed by atoms with Gasteiger partial charge in [-0.3, -0.25) is 4.79 Å². The third kappa shape index (κ3) is 4.48. The van der Waals surface area contributed by atoms with Gasteiger partial charge in [-0.15, -0.1) is 12.4 Å². The van der Waals surface area contributed by atoms with Gasteiger partial charge in [-0.25, -0.2) is 4.39 Å². The molecule has 0 aliphatic carbocycles. The summed E-state index contributed by atoms with van der Waals surface area (Å²) in [6.07, 6.45) is 1.41. The Kier molecular flexibility index (Phi) is 6.25. The summed E-state index contributed by atoms with van der Waals surface area (Å²) in [6, 6.07) is 6.65. The lowest BCUT2D eigenvalue weighted by Crippen LogP contribution is -2.39. The number of nitrogens with one attached hydrogen (secondary N) is 2. The second kappa shape index (κ2) is 7.46. The van der Waals surface area contributed by atoms with Crippen molar-refractivity contribution in [3.05, 3.63) is 35.6 Å². The normalized spacial score (nSPS) is 19.6. The van der Waals surface area contributed by atoms with Crippen LogP contribution in [0.15, 0.2) is 24.3 Å². The average Bonchev–Trinajstić information content (AvgIpc) is 2.85. The van der Waals surface area contributed by atoms with Crippen LogP contribution in [0.2, 0.25) is 0 Å². The standard InChI is InChI=1S/C14H19FN2O.ClH/c1-10(8-11-4-2-3-5-13(11)15)17-14(18)12-6-7-16-9-12;/h2-5,10,12,16H,6-9H2,1H3,(H,17,18);1H. The molecule has 1 fully saturated rings. The number of hydrogen-bond donors (Lipinski definition) is 2. The molecule has 3 nitrogen and oxygen atoms in total. The lowest BCUT2D eigenvalue weighted by Gasteiger charge is -2.17. The fourth-order valence-corrected chi connectivity index (χ4v) is 2.28. The molecule has 2 atom stereocenters. The van der Waals surface area contributed by atoms with Crippen molar-refractivity contribution >= 4 is 18.3 Å². The van der Waals surface area contributed by atoms with Crippen LogP contribution >= 0.6 is 12.4 Å². The highest BCUT2D eigenvalue weighted by molar-refractivity contribution is 5.85. The van der Waals surface area contributed by atoms with Gasteiger partial charge in [0.05, 0.1) is 5.92 Å². The lowest BCUT2D eigenvalue weighted by molar-refractivity contribution is -0.125. The van der Waals surface area contributed by atoms with Gasteiger partial charge in [-0.1, -0.05) is 18.2 Å². The van der Waals surface area contributed by atoms with E-state index in [-0.39, 0.29) is 36.1 Å². The Balaban J connectivity index is 0.00000180. The molecule has 2 N–H and O–H groups in total. The lowest BCUT2D eigenvalue weighted by atomic mass is 10.0. The van der Waals surface area contributed by atoms with Crippen molar-refractivity contribution in [3.8, 4) is 0 Å². The van der Waals surface area contributed by atoms with Crippen LogP contribution in [-0.2, 0) is 11.2 Å². The number of benzene rings is 1. The fraction of sp³-hybridized carbons (Fsp3) is 0.500. The number of hydrogen-bond acceptors (Lipinski definition) is 2. The molecule has 1 heterocycles. The minimum absolute atomic E-state index is 0. The topological polar surface area (TPSA) is 41.1 Å². The molecule has 0 saturated carbocycles. The summed E-state index contributed by atoms with van der Waals surface area (Å²) in [5.41, 5.74) is 0.648. The van der Waals surface area contributed by atoms with E-state index in [2.05, 4.69) is 10.6 Å². The first-order valence-electron chi connectivity index (χ1n) is 6.41. The van der Waals surface area contributed by atoms with Crippen LogP contribution in [0.3, 0.4) is 0 Å². The Labute approximate surface area is 119 Å². The Morgan fingerprint density at radius 3 is 2.89 bits per heavy atom. The fourth-order valence-electron chi connectivity index (χ4n) is 2.28. The van der Waals surface area contributed by atoms with E-state index in [1.807, 2.05) is 13.0 Å². The Morgan fingerprint density at radius 2 is 2.26 bits per heavy atom. The molecule has 1 amide bonds. The predicted molar refractivity (Wildman–Crippen MR) is 75.9 cm³/mol. The number of rotatable bonds is 4. The van der Waals surface area contributed by atoms with Gasteiger partial charge in [0.1, 0.15) is 5.82 Å². The van der Waals surface area contributed by atoms with Gasteiger partial charge in [0, 0.05) is 12.6 Å². The summed E-state index contributed by atoms with van der Waals surface area (Å²) in [6.45, 7) is 3.56. The maximum Gasteiger partial charge on any atom is 0.224 e. The van der Waals surface area contributed by atoms with Crippen molar-refractivity contribution in [3.63, 3.8) is 0 Å². The molecule has 2 unspecified atom stereocenters.